The molecule has 3 aromatic heterocycles. The standard InChI is InChI=1S/C13H14ClN5S/c1-7-4-10-11(17-13(14)18-12(10)20-7)15-5-9-6-16-19(3)8(9)2/h4,6H,5H2,1-3H3,(H,15,17,18). The number of thiophene rings is 1. The van der Waals surface area contributed by atoms with Gasteiger partial charge in [-0.3, -0.25) is 4.68 Å². The lowest BCUT2D eigenvalue weighted by Gasteiger charge is -2.06. The highest BCUT2D eigenvalue weighted by molar-refractivity contribution is 7.18. The molecular weight excluding hydrogens is 294 g/mol. The molecule has 3 heterocycles. The van der Waals surface area contributed by atoms with Gasteiger partial charge in [0.1, 0.15) is 10.6 Å². The summed E-state index contributed by atoms with van der Waals surface area (Å²) in [6, 6.07) is 2.08. The van der Waals surface area contributed by atoms with E-state index in [-0.39, 0.29) is 5.28 Å². The van der Waals surface area contributed by atoms with Gasteiger partial charge in [-0.2, -0.15) is 5.10 Å². The molecule has 104 valence electrons. The summed E-state index contributed by atoms with van der Waals surface area (Å²) in [5, 5.41) is 8.84. The first-order chi connectivity index (χ1) is 9.54. The highest BCUT2D eigenvalue weighted by atomic mass is 35.5. The molecule has 7 heteroatoms. The zero-order chi connectivity index (χ0) is 14.3. The molecule has 0 aliphatic rings. The summed E-state index contributed by atoms with van der Waals surface area (Å²) < 4.78 is 1.86. The molecule has 0 spiro atoms. The van der Waals surface area contributed by atoms with E-state index in [9.17, 15) is 0 Å². The maximum Gasteiger partial charge on any atom is 0.225 e. The van der Waals surface area contributed by atoms with Gasteiger partial charge in [-0.15, -0.1) is 11.3 Å². The van der Waals surface area contributed by atoms with E-state index in [0.29, 0.717) is 6.54 Å². The number of rotatable bonds is 3. The molecular formula is C13H14ClN5S. The van der Waals surface area contributed by atoms with Crippen LogP contribution in [0.3, 0.4) is 0 Å². The Bertz CT molecular complexity index is 777. The van der Waals surface area contributed by atoms with Gasteiger partial charge in [-0.05, 0) is 31.5 Å². The molecule has 3 rings (SSSR count). The molecule has 3 aromatic rings. The Balaban J connectivity index is 1.92. The molecule has 1 N–H and O–H groups in total. The largest absolute Gasteiger partial charge is 0.365 e. The van der Waals surface area contributed by atoms with Crippen molar-refractivity contribution in [3.05, 3.63) is 33.7 Å². The second-order valence-corrected chi connectivity index (χ2v) is 6.22. The lowest BCUT2D eigenvalue weighted by molar-refractivity contribution is 0.738. The molecule has 5 nitrogen and oxygen atoms in total. The molecule has 0 bridgehead atoms. The van der Waals surface area contributed by atoms with Crippen LogP contribution in [0.4, 0.5) is 5.82 Å². The Labute approximate surface area is 125 Å². The van der Waals surface area contributed by atoms with Gasteiger partial charge in [0, 0.05) is 29.7 Å². The van der Waals surface area contributed by atoms with Crippen molar-refractivity contribution < 1.29 is 0 Å². The minimum Gasteiger partial charge on any atom is -0.365 e. The van der Waals surface area contributed by atoms with Crippen molar-refractivity contribution in [3.8, 4) is 0 Å². The normalized spacial score (nSPS) is 11.2. The van der Waals surface area contributed by atoms with E-state index in [4.69, 9.17) is 11.6 Å². The number of hydrogen-bond acceptors (Lipinski definition) is 5. The summed E-state index contributed by atoms with van der Waals surface area (Å²) in [4.78, 5) is 10.6. The number of halogens is 1. The fraction of sp³-hybridized carbons (Fsp3) is 0.308. The molecule has 0 amide bonds. The van der Waals surface area contributed by atoms with Crippen molar-refractivity contribution in [2.75, 3.05) is 5.32 Å². The highest BCUT2D eigenvalue weighted by Gasteiger charge is 2.10. The lowest BCUT2D eigenvalue weighted by Crippen LogP contribution is -2.04. The van der Waals surface area contributed by atoms with Crippen LogP contribution < -0.4 is 5.32 Å². The van der Waals surface area contributed by atoms with Gasteiger partial charge in [0.2, 0.25) is 5.28 Å². The maximum absolute atomic E-state index is 5.98. The fourth-order valence-corrected chi connectivity index (χ4v) is 3.15. The monoisotopic (exact) mass is 307 g/mol. The predicted molar refractivity (Wildman–Crippen MR) is 82.4 cm³/mol. The van der Waals surface area contributed by atoms with E-state index in [1.165, 1.54) is 4.88 Å². The number of aromatic nitrogens is 4. The van der Waals surface area contributed by atoms with Crippen molar-refractivity contribution in [1.82, 2.24) is 19.7 Å². The van der Waals surface area contributed by atoms with Crippen LogP contribution in [0.25, 0.3) is 10.2 Å². The zero-order valence-electron chi connectivity index (χ0n) is 11.4. The van der Waals surface area contributed by atoms with Crippen LogP contribution >= 0.6 is 22.9 Å². The van der Waals surface area contributed by atoms with Gasteiger partial charge in [0.05, 0.1) is 11.6 Å². The third-order valence-electron chi connectivity index (χ3n) is 3.27. The molecule has 0 aliphatic carbocycles. The Kier molecular flexibility index (Phi) is 3.35. The van der Waals surface area contributed by atoms with Crippen molar-refractivity contribution >= 4 is 39.0 Å². The first-order valence-corrected chi connectivity index (χ1v) is 7.39. The topological polar surface area (TPSA) is 55.6 Å². The minimum absolute atomic E-state index is 0.268. The zero-order valence-corrected chi connectivity index (χ0v) is 13.0. The van der Waals surface area contributed by atoms with Crippen LogP contribution in [0, 0.1) is 13.8 Å². The summed E-state index contributed by atoms with van der Waals surface area (Å²) in [6.07, 6.45) is 1.86. The molecule has 0 aliphatic heterocycles. The first kappa shape index (κ1) is 13.3. The second kappa shape index (κ2) is 5.03. The average Bonchev–Trinajstić information content (AvgIpc) is 2.91. The van der Waals surface area contributed by atoms with Crippen molar-refractivity contribution in [2.45, 2.75) is 20.4 Å². The summed E-state index contributed by atoms with van der Waals surface area (Å²) >= 11 is 7.60. The van der Waals surface area contributed by atoms with Crippen LogP contribution in [-0.4, -0.2) is 19.7 Å². The molecule has 20 heavy (non-hydrogen) atoms. The first-order valence-electron chi connectivity index (χ1n) is 6.19. The number of nitrogens with zero attached hydrogens (tertiary/aromatic N) is 4. The van der Waals surface area contributed by atoms with Gasteiger partial charge in [-0.25, -0.2) is 9.97 Å². The predicted octanol–water partition coefficient (Wildman–Crippen LogP) is 3.31. The van der Waals surface area contributed by atoms with Crippen LogP contribution in [-0.2, 0) is 13.6 Å². The lowest BCUT2D eigenvalue weighted by atomic mass is 10.2. The van der Waals surface area contributed by atoms with E-state index in [1.807, 2.05) is 24.9 Å². The number of nitrogens with one attached hydrogen (secondary N) is 1. The molecule has 0 saturated heterocycles. The fourth-order valence-electron chi connectivity index (χ4n) is 2.05. The van der Waals surface area contributed by atoms with Gasteiger partial charge >= 0.3 is 0 Å². The van der Waals surface area contributed by atoms with E-state index in [0.717, 1.165) is 27.3 Å². The quantitative estimate of drug-likeness (QED) is 0.754. The SMILES string of the molecule is Cc1cc2c(NCc3cnn(C)c3C)nc(Cl)nc2s1. The number of hydrogen-bond donors (Lipinski definition) is 1. The van der Waals surface area contributed by atoms with Gasteiger partial charge < -0.3 is 5.32 Å². The minimum atomic E-state index is 0.268. The van der Waals surface area contributed by atoms with E-state index >= 15 is 0 Å². The van der Waals surface area contributed by atoms with E-state index in [1.54, 1.807) is 11.3 Å². The molecule has 0 aromatic carbocycles. The second-order valence-electron chi connectivity index (χ2n) is 4.65. The smallest absolute Gasteiger partial charge is 0.225 e. The van der Waals surface area contributed by atoms with Crippen LogP contribution in [0.5, 0.6) is 0 Å². The van der Waals surface area contributed by atoms with E-state index < -0.39 is 0 Å². The Hall–Kier alpha value is -1.66. The molecule has 0 unspecified atom stereocenters. The molecule has 0 radical (unpaired) electrons. The van der Waals surface area contributed by atoms with Gasteiger partial charge in [-0.1, -0.05) is 0 Å². The van der Waals surface area contributed by atoms with Crippen LogP contribution in [0.1, 0.15) is 16.1 Å². The molecule has 0 fully saturated rings. The number of anilines is 1. The molecule has 0 atom stereocenters. The highest BCUT2D eigenvalue weighted by Crippen LogP contribution is 2.29. The summed E-state index contributed by atoms with van der Waals surface area (Å²) in [7, 11) is 1.93. The number of fused-ring (bicyclic) bond motifs is 1. The van der Waals surface area contributed by atoms with Crippen molar-refractivity contribution in [1.29, 1.82) is 0 Å². The molecule has 0 saturated carbocycles. The Morgan fingerprint density at radius 3 is 2.85 bits per heavy atom. The maximum atomic E-state index is 5.98. The Morgan fingerprint density at radius 1 is 1.35 bits per heavy atom. The van der Waals surface area contributed by atoms with Gasteiger partial charge in [0.15, 0.2) is 0 Å². The third kappa shape index (κ3) is 2.36. The van der Waals surface area contributed by atoms with Gasteiger partial charge in [0.25, 0.3) is 0 Å². The van der Waals surface area contributed by atoms with Crippen molar-refractivity contribution in [2.24, 2.45) is 7.05 Å². The summed E-state index contributed by atoms with van der Waals surface area (Å²) in [5.41, 5.74) is 2.28. The van der Waals surface area contributed by atoms with Crippen LogP contribution in [0.15, 0.2) is 12.3 Å². The average molecular weight is 308 g/mol. The summed E-state index contributed by atoms with van der Waals surface area (Å²) in [5.74, 6) is 0.771. The van der Waals surface area contributed by atoms with Crippen LogP contribution in [0.2, 0.25) is 5.28 Å². The summed E-state index contributed by atoms with van der Waals surface area (Å²) in [6.45, 7) is 4.76. The third-order valence-corrected chi connectivity index (χ3v) is 4.39. The Morgan fingerprint density at radius 2 is 2.15 bits per heavy atom. The van der Waals surface area contributed by atoms with Crippen molar-refractivity contribution in [3.63, 3.8) is 0 Å². The number of aryl methyl sites for hydroxylation is 2. The van der Waals surface area contributed by atoms with E-state index in [2.05, 4.69) is 33.4 Å².